The van der Waals surface area contributed by atoms with Crippen LogP contribution in [-0.4, -0.2) is 17.4 Å². The first kappa shape index (κ1) is 17.5. The van der Waals surface area contributed by atoms with Gasteiger partial charge in [0, 0.05) is 17.3 Å². The Hall–Kier alpha value is -2.89. The molecule has 1 amide bonds. The quantitative estimate of drug-likeness (QED) is 0.643. The maximum absolute atomic E-state index is 12.0. The second-order valence-corrected chi connectivity index (χ2v) is 5.67. The molecular weight excluding hydrogens is 308 g/mol. The number of hydrogen-bond acceptors (Lipinski definition) is 4. The second-order valence-electron chi connectivity index (χ2n) is 5.67. The first-order valence-corrected chi connectivity index (χ1v) is 7.62. The lowest BCUT2D eigenvalue weighted by atomic mass is 10.1. The van der Waals surface area contributed by atoms with E-state index in [9.17, 15) is 14.9 Å². The van der Waals surface area contributed by atoms with Gasteiger partial charge in [0.05, 0.1) is 18.0 Å². The fraction of sp³-hybridized carbons (Fsp3) is 0.278. The lowest BCUT2D eigenvalue weighted by molar-refractivity contribution is -0.385. The van der Waals surface area contributed by atoms with Gasteiger partial charge in [0.1, 0.15) is 5.75 Å². The lowest BCUT2D eigenvalue weighted by Crippen LogP contribution is -2.15. The molecule has 0 heterocycles. The minimum absolute atomic E-state index is 0.0144. The van der Waals surface area contributed by atoms with E-state index in [1.54, 1.807) is 19.1 Å². The maximum atomic E-state index is 12.0. The van der Waals surface area contributed by atoms with Crippen LogP contribution in [0.5, 0.6) is 5.75 Å². The topological polar surface area (TPSA) is 81.5 Å². The van der Waals surface area contributed by atoms with Crippen LogP contribution in [0.1, 0.15) is 23.1 Å². The predicted molar refractivity (Wildman–Crippen MR) is 92.5 cm³/mol. The van der Waals surface area contributed by atoms with E-state index in [2.05, 4.69) is 5.32 Å². The SMILES string of the molecule is Cc1ccc(C)c(OCCC(=O)Nc2ccc(C)c([N+](=O)[O-])c2)c1. The minimum Gasteiger partial charge on any atom is -0.493 e. The van der Waals surface area contributed by atoms with Crippen LogP contribution in [0.25, 0.3) is 0 Å². The Morgan fingerprint density at radius 2 is 1.83 bits per heavy atom. The molecule has 126 valence electrons. The van der Waals surface area contributed by atoms with Gasteiger partial charge in [-0.25, -0.2) is 0 Å². The van der Waals surface area contributed by atoms with Crippen molar-refractivity contribution in [1.82, 2.24) is 0 Å². The Morgan fingerprint density at radius 1 is 1.12 bits per heavy atom. The van der Waals surface area contributed by atoms with Crippen LogP contribution >= 0.6 is 0 Å². The molecule has 1 N–H and O–H groups in total. The summed E-state index contributed by atoms with van der Waals surface area (Å²) in [7, 11) is 0. The van der Waals surface area contributed by atoms with E-state index >= 15 is 0 Å². The minimum atomic E-state index is -0.464. The van der Waals surface area contributed by atoms with Gasteiger partial charge in [-0.3, -0.25) is 14.9 Å². The molecule has 6 nitrogen and oxygen atoms in total. The van der Waals surface area contributed by atoms with Crippen molar-refractivity contribution in [2.75, 3.05) is 11.9 Å². The molecule has 0 saturated heterocycles. The number of amides is 1. The average Bonchev–Trinajstić information content (AvgIpc) is 2.52. The van der Waals surface area contributed by atoms with Crippen LogP contribution < -0.4 is 10.1 Å². The zero-order valence-electron chi connectivity index (χ0n) is 14.0. The Labute approximate surface area is 140 Å². The van der Waals surface area contributed by atoms with Crippen LogP contribution in [0.2, 0.25) is 0 Å². The molecule has 0 saturated carbocycles. The Bertz CT molecular complexity index is 772. The van der Waals surface area contributed by atoms with E-state index in [0.29, 0.717) is 11.3 Å². The average molecular weight is 328 g/mol. The van der Waals surface area contributed by atoms with Crippen molar-refractivity contribution < 1.29 is 14.5 Å². The maximum Gasteiger partial charge on any atom is 0.274 e. The molecule has 0 aromatic heterocycles. The van der Waals surface area contributed by atoms with Crippen molar-refractivity contribution in [2.24, 2.45) is 0 Å². The molecule has 0 unspecified atom stereocenters. The van der Waals surface area contributed by atoms with Gasteiger partial charge in [0.2, 0.25) is 5.91 Å². The zero-order chi connectivity index (χ0) is 17.7. The first-order chi connectivity index (χ1) is 11.4. The molecule has 0 atom stereocenters. The van der Waals surface area contributed by atoms with Gasteiger partial charge in [-0.1, -0.05) is 18.2 Å². The van der Waals surface area contributed by atoms with Crippen LogP contribution in [0, 0.1) is 30.9 Å². The van der Waals surface area contributed by atoms with Crippen molar-refractivity contribution in [3.63, 3.8) is 0 Å². The highest BCUT2D eigenvalue weighted by molar-refractivity contribution is 5.91. The molecular formula is C18H20N2O4. The van der Waals surface area contributed by atoms with E-state index in [1.807, 2.05) is 32.0 Å². The summed E-state index contributed by atoms with van der Waals surface area (Å²) >= 11 is 0. The largest absolute Gasteiger partial charge is 0.493 e. The number of carbonyl (C=O) groups excluding carboxylic acids is 1. The molecule has 0 radical (unpaired) electrons. The highest BCUT2D eigenvalue weighted by Gasteiger charge is 2.12. The third-order valence-corrected chi connectivity index (χ3v) is 3.62. The third-order valence-electron chi connectivity index (χ3n) is 3.62. The molecule has 6 heteroatoms. The highest BCUT2D eigenvalue weighted by atomic mass is 16.6. The van der Waals surface area contributed by atoms with Crippen LogP contribution in [0.4, 0.5) is 11.4 Å². The van der Waals surface area contributed by atoms with Crippen LogP contribution in [0.15, 0.2) is 36.4 Å². The third kappa shape index (κ3) is 4.55. The van der Waals surface area contributed by atoms with Gasteiger partial charge in [0.25, 0.3) is 5.69 Å². The lowest BCUT2D eigenvalue weighted by Gasteiger charge is -2.10. The fourth-order valence-corrected chi connectivity index (χ4v) is 2.22. The van der Waals surface area contributed by atoms with E-state index in [0.717, 1.165) is 16.9 Å². The standard InChI is InChI=1S/C18H20N2O4/c1-12-4-5-14(3)17(10-12)24-9-8-18(21)19-15-7-6-13(2)16(11-15)20(22)23/h4-7,10-11H,8-9H2,1-3H3,(H,19,21). The summed E-state index contributed by atoms with van der Waals surface area (Å²) in [5.41, 5.74) is 3.04. The summed E-state index contributed by atoms with van der Waals surface area (Å²) in [5.74, 6) is 0.507. The smallest absolute Gasteiger partial charge is 0.274 e. The van der Waals surface area contributed by atoms with Crippen molar-refractivity contribution in [2.45, 2.75) is 27.2 Å². The summed E-state index contributed by atoms with van der Waals surface area (Å²) in [6.07, 6.45) is 0.162. The molecule has 2 aromatic rings. The Balaban J connectivity index is 1.91. The molecule has 0 spiro atoms. The van der Waals surface area contributed by atoms with E-state index in [-0.39, 0.29) is 24.6 Å². The van der Waals surface area contributed by atoms with Crippen LogP contribution in [-0.2, 0) is 4.79 Å². The van der Waals surface area contributed by atoms with Gasteiger partial charge >= 0.3 is 0 Å². The normalized spacial score (nSPS) is 10.3. The first-order valence-electron chi connectivity index (χ1n) is 7.62. The van der Waals surface area contributed by atoms with Crippen LogP contribution in [0.3, 0.4) is 0 Å². The molecule has 0 aliphatic carbocycles. The monoisotopic (exact) mass is 328 g/mol. The summed E-state index contributed by atoms with van der Waals surface area (Å²) in [4.78, 5) is 22.4. The van der Waals surface area contributed by atoms with E-state index in [4.69, 9.17) is 4.74 Å². The summed E-state index contributed by atoms with van der Waals surface area (Å²) in [5, 5.41) is 13.6. The summed E-state index contributed by atoms with van der Waals surface area (Å²) in [6, 6.07) is 10.5. The predicted octanol–water partition coefficient (Wildman–Crippen LogP) is 3.93. The molecule has 0 aliphatic rings. The van der Waals surface area contributed by atoms with E-state index in [1.165, 1.54) is 6.07 Å². The van der Waals surface area contributed by atoms with Gasteiger partial charge in [-0.05, 0) is 44.0 Å². The Kier molecular flexibility index (Phi) is 5.52. The molecule has 2 aromatic carbocycles. The number of ether oxygens (including phenoxy) is 1. The number of nitro groups is 1. The van der Waals surface area contributed by atoms with Gasteiger partial charge in [-0.15, -0.1) is 0 Å². The van der Waals surface area contributed by atoms with E-state index < -0.39 is 4.92 Å². The molecule has 0 aliphatic heterocycles. The number of aryl methyl sites for hydroxylation is 3. The number of benzene rings is 2. The second kappa shape index (κ2) is 7.59. The summed E-state index contributed by atoms with van der Waals surface area (Å²) in [6.45, 7) is 5.81. The van der Waals surface area contributed by atoms with Crippen molar-refractivity contribution in [1.29, 1.82) is 0 Å². The van der Waals surface area contributed by atoms with Gasteiger partial charge < -0.3 is 10.1 Å². The highest BCUT2D eigenvalue weighted by Crippen LogP contribution is 2.22. The summed E-state index contributed by atoms with van der Waals surface area (Å²) < 4.78 is 5.64. The van der Waals surface area contributed by atoms with Crippen molar-refractivity contribution >= 4 is 17.3 Å². The molecule has 24 heavy (non-hydrogen) atoms. The number of hydrogen-bond donors (Lipinski definition) is 1. The zero-order valence-corrected chi connectivity index (χ0v) is 14.0. The van der Waals surface area contributed by atoms with Crippen molar-refractivity contribution in [3.05, 3.63) is 63.2 Å². The molecule has 0 fully saturated rings. The molecule has 2 rings (SSSR count). The van der Waals surface area contributed by atoms with Gasteiger partial charge in [-0.2, -0.15) is 0 Å². The number of anilines is 1. The van der Waals surface area contributed by atoms with Gasteiger partial charge in [0.15, 0.2) is 0 Å². The molecule has 0 bridgehead atoms. The number of nitrogens with one attached hydrogen (secondary N) is 1. The Morgan fingerprint density at radius 3 is 2.54 bits per heavy atom. The fourth-order valence-electron chi connectivity index (χ4n) is 2.22. The van der Waals surface area contributed by atoms with Crippen molar-refractivity contribution in [3.8, 4) is 5.75 Å². The number of rotatable bonds is 6. The number of nitrogens with zero attached hydrogens (tertiary/aromatic N) is 1. The number of nitro benzene ring substituents is 1. The number of carbonyl (C=O) groups is 1.